The van der Waals surface area contributed by atoms with Crippen LogP contribution in [-0.2, 0) is 18.2 Å². The van der Waals surface area contributed by atoms with Gasteiger partial charge in [0.1, 0.15) is 12.4 Å². The lowest BCUT2D eigenvalue weighted by molar-refractivity contribution is 0.0679. The van der Waals surface area contributed by atoms with E-state index in [0.717, 1.165) is 37.2 Å². The molecule has 1 aliphatic rings. The minimum absolute atomic E-state index is 0.0791. The standard InChI is InChI=1S/C18H23N3O3/c1-21-12-14(11-20-21)8-9-19-18(22)15-4-6-16(7-5-15)24-13-17-3-2-10-23-17/h4-7,11-12,17H,2-3,8-10,13H2,1H3,(H,19,22)/t17-/m1/s1. The van der Waals surface area contributed by atoms with E-state index in [1.807, 2.05) is 31.6 Å². The van der Waals surface area contributed by atoms with Gasteiger partial charge < -0.3 is 14.8 Å². The summed E-state index contributed by atoms with van der Waals surface area (Å²) in [7, 11) is 1.88. The van der Waals surface area contributed by atoms with Crippen molar-refractivity contribution in [3.8, 4) is 5.75 Å². The van der Waals surface area contributed by atoms with Gasteiger partial charge in [-0.15, -0.1) is 0 Å². The lowest BCUT2D eigenvalue weighted by Crippen LogP contribution is -2.25. The molecule has 0 radical (unpaired) electrons. The predicted molar refractivity (Wildman–Crippen MR) is 90.2 cm³/mol. The molecule has 128 valence electrons. The first-order chi connectivity index (χ1) is 11.7. The van der Waals surface area contributed by atoms with Crippen LogP contribution in [0.25, 0.3) is 0 Å². The molecular formula is C18H23N3O3. The Balaban J connectivity index is 1.42. The maximum absolute atomic E-state index is 12.1. The number of amides is 1. The number of hydrogen-bond donors (Lipinski definition) is 1. The zero-order chi connectivity index (χ0) is 16.8. The zero-order valence-corrected chi connectivity index (χ0v) is 13.9. The molecule has 6 nitrogen and oxygen atoms in total. The van der Waals surface area contributed by atoms with Crippen molar-refractivity contribution in [1.82, 2.24) is 15.1 Å². The van der Waals surface area contributed by atoms with Crippen molar-refractivity contribution in [2.24, 2.45) is 7.05 Å². The number of aryl methyl sites for hydroxylation is 1. The molecule has 6 heteroatoms. The van der Waals surface area contributed by atoms with Gasteiger partial charge in [-0.25, -0.2) is 0 Å². The normalized spacial score (nSPS) is 17.0. The number of hydrogen-bond acceptors (Lipinski definition) is 4. The Hall–Kier alpha value is -2.34. The third-order valence-corrected chi connectivity index (χ3v) is 4.03. The molecule has 1 N–H and O–H groups in total. The van der Waals surface area contributed by atoms with Gasteiger partial charge in [0.25, 0.3) is 5.91 Å². The van der Waals surface area contributed by atoms with E-state index in [-0.39, 0.29) is 12.0 Å². The summed E-state index contributed by atoms with van der Waals surface area (Å²) in [5, 5.41) is 7.03. The fourth-order valence-electron chi connectivity index (χ4n) is 2.69. The lowest BCUT2D eigenvalue weighted by atomic mass is 10.2. The van der Waals surface area contributed by atoms with Gasteiger partial charge in [0.2, 0.25) is 0 Å². The predicted octanol–water partition coefficient (Wildman–Crippen LogP) is 1.95. The first kappa shape index (κ1) is 16.5. The Kier molecular flexibility index (Phi) is 5.48. The Labute approximate surface area is 141 Å². The summed E-state index contributed by atoms with van der Waals surface area (Å²) in [4.78, 5) is 12.1. The third kappa shape index (κ3) is 4.58. The minimum Gasteiger partial charge on any atom is -0.491 e. The van der Waals surface area contributed by atoms with E-state index in [2.05, 4.69) is 10.4 Å². The average molecular weight is 329 g/mol. The molecule has 3 rings (SSSR count). The molecule has 1 amide bonds. The molecule has 0 aliphatic carbocycles. The largest absolute Gasteiger partial charge is 0.491 e. The molecule has 0 saturated carbocycles. The van der Waals surface area contributed by atoms with E-state index < -0.39 is 0 Å². The van der Waals surface area contributed by atoms with Crippen LogP contribution in [0.15, 0.2) is 36.7 Å². The van der Waals surface area contributed by atoms with Crippen LogP contribution in [0, 0.1) is 0 Å². The van der Waals surface area contributed by atoms with Crippen molar-refractivity contribution in [3.05, 3.63) is 47.8 Å². The van der Waals surface area contributed by atoms with Crippen molar-refractivity contribution < 1.29 is 14.3 Å². The van der Waals surface area contributed by atoms with Gasteiger partial charge >= 0.3 is 0 Å². The van der Waals surface area contributed by atoms with E-state index >= 15 is 0 Å². The first-order valence-electron chi connectivity index (χ1n) is 8.31. The summed E-state index contributed by atoms with van der Waals surface area (Å²) in [6.45, 7) is 1.98. The Morgan fingerprint density at radius 2 is 2.25 bits per heavy atom. The summed E-state index contributed by atoms with van der Waals surface area (Å²) in [5.74, 6) is 0.682. The van der Waals surface area contributed by atoms with Gasteiger partial charge in [-0.1, -0.05) is 0 Å². The quantitative estimate of drug-likeness (QED) is 0.843. The van der Waals surface area contributed by atoms with Crippen LogP contribution in [0.1, 0.15) is 28.8 Å². The van der Waals surface area contributed by atoms with Crippen LogP contribution >= 0.6 is 0 Å². The monoisotopic (exact) mass is 329 g/mol. The second-order valence-corrected chi connectivity index (χ2v) is 6.00. The van der Waals surface area contributed by atoms with E-state index in [1.165, 1.54) is 0 Å². The third-order valence-electron chi connectivity index (χ3n) is 4.03. The number of aromatic nitrogens is 2. The lowest BCUT2D eigenvalue weighted by Gasteiger charge is -2.11. The topological polar surface area (TPSA) is 65.4 Å². The highest BCUT2D eigenvalue weighted by molar-refractivity contribution is 5.94. The Morgan fingerprint density at radius 1 is 1.42 bits per heavy atom. The number of rotatable bonds is 7. The van der Waals surface area contributed by atoms with Gasteiger partial charge in [0.15, 0.2) is 0 Å². The molecule has 24 heavy (non-hydrogen) atoms. The Bertz CT molecular complexity index is 660. The second kappa shape index (κ2) is 7.97. The number of nitrogens with one attached hydrogen (secondary N) is 1. The highest BCUT2D eigenvalue weighted by Crippen LogP contribution is 2.16. The Morgan fingerprint density at radius 3 is 2.92 bits per heavy atom. The van der Waals surface area contributed by atoms with Crippen molar-refractivity contribution in [3.63, 3.8) is 0 Å². The molecule has 1 aliphatic heterocycles. The first-order valence-corrected chi connectivity index (χ1v) is 8.31. The molecule has 1 fully saturated rings. The van der Waals surface area contributed by atoms with Crippen LogP contribution in [-0.4, -0.2) is 41.6 Å². The van der Waals surface area contributed by atoms with Gasteiger partial charge in [-0.2, -0.15) is 5.10 Å². The van der Waals surface area contributed by atoms with Crippen molar-refractivity contribution in [2.45, 2.75) is 25.4 Å². The molecule has 2 heterocycles. The molecular weight excluding hydrogens is 306 g/mol. The number of benzene rings is 1. The van der Waals surface area contributed by atoms with Gasteiger partial charge in [0, 0.05) is 32.0 Å². The van der Waals surface area contributed by atoms with Gasteiger partial charge in [-0.3, -0.25) is 9.48 Å². The maximum atomic E-state index is 12.1. The van der Waals surface area contributed by atoms with Crippen LogP contribution in [0.5, 0.6) is 5.75 Å². The number of carbonyl (C=O) groups is 1. The van der Waals surface area contributed by atoms with Gasteiger partial charge in [0.05, 0.1) is 12.3 Å². The summed E-state index contributed by atoms with van der Waals surface area (Å²) in [6.07, 6.45) is 6.88. The smallest absolute Gasteiger partial charge is 0.251 e. The zero-order valence-electron chi connectivity index (χ0n) is 13.9. The average Bonchev–Trinajstić information content (AvgIpc) is 3.25. The summed E-state index contributed by atoms with van der Waals surface area (Å²) in [6, 6.07) is 7.21. The molecule has 0 unspecified atom stereocenters. The summed E-state index contributed by atoms with van der Waals surface area (Å²) < 4.78 is 13.0. The number of ether oxygens (including phenoxy) is 2. The molecule has 1 saturated heterocycles. The molecule has 1 aromatic carbocycles. The van der Waals surface area contributed by atoms with Gasteiger partial charge in [-0.05, 0) is 49.1 Å². The second-order valence-electron chi connectivity index (χ2n) is 6.00. The van der Waals surface area contributed by atoms with Crippen molar-refractivity contribution >= 4 is 5.91 Å². The summed E-state index contributed by atoms with van der Waals surface area (Å²) >= 11 is 0. The minimum atomic E-state index is -0.0791. The highest BCUT2D eigenvalue weighted by Gasteiger charge is 2.16. The molecule has 1 aromatic heterocycles. The molecule has 0 spiro atoms. The number of nitrogens with zero attached hydrogens (tertiary/aromatic N) is 2. The van der Waals surface area contributed by atoms with E-state index in [4.69, 9.17) is 9.47 Å². The molecule has 0 bridgehead atoms. The number of carbonyl (C=O) groups excluding carboxylic acids is 1. The van der Waals surface area contributed by atoms with Crippen LogP contribution in [0.2, 0.25) is 0 Å². The van der Waals surface area contributed by atoms with E-state index in [0.29, 0.717) is 18.7 Å². The summed E-state index contributed by atoms with van der Waals surface area (Å²) in [5.41, 5.74) is 1.74. The fourth-order valence-corrected chi connectivity index (χ4v) is 2.69. The van der Waals surface area contributed by atoms with Crippen molar-refractivity contribution in [2.75, 3.05) is 19.8 Å². The van der Waals surface area contributed by atoms with Crippen LogP contribution in [0.3, 0.4) is 0 Å². The molecule has 1 atom stereocenters. The van der Waals surface area contributed by atoms with E-state index in [1.54, 1.807) is 16.8 Å². The van der Waals surface area contributed by atoms with E-state index in [9.17, 15) is 4.79 Å². The SMILES string of the molecule is Cn1cc(CCNC(=O)c2ccc(OC[C@H]3CCCO3)cc2)cn1. The van der Waals surface area contributed by atoms with Crippen LogP contribution in [0.4, 0.5) is 0 Å². The molecule has 2 aromatic rings. The van der Waals surface area contributed by atoms with Crippen molar-refractivity contribution in [1.29, 1.82) is 0 Å². The maximum Gasteiger partial charge on any atom is 0.251 e. The highest BCUT2D eigenvalue weighted by atomic mass is 16.5. The van der Waals surface area contributed by atoms with Crippen LogP contribution < -0.4 is 10.1 Å². The fraction of sp³-hybridized carbons (Fsp3) is 0.444.